The van der Waals surface area contributed by atoms with E-state index in [2.05, 4.69) is 30.9 Å². The third-order valence-corrected chi connectivity index (χ3v) is 6.85. The normalized spacial score (nSPS) is 14.6. The van der Waals surface area contributed by atoms with Crippen molar-refractivity contribution in [2.24, 2.45) is 0 Å². The minimum atomic E-state index is -0.0410. The summed E-state index contributed by atoms with van der Waals surface area (Å²) in [4.78, 5) is 22.6. The zero-order chi connectivity index (χ0) is 21.3. The summed E-state index contributed by atoms with van der Waals surface area (Å²) >= 11 is 1.60. The molecule has 2 aromatic heterocycles. The van der Waals surface area contributed by atoms with E-state index in [9.17, 15) is 4.79 Å². The average Bonchev–Trinajstić information content (AvgIpc) is 3.32. The molecule has 1 aliphatic heterocycles. The maximum atomic E-state index is 13.5. The molecule has 0 N–H and O–H groups in total. The molecule has 1 amide bonds. The van der Waals surface area contributed by atoms with Gasteiger partial charge in [0, 0.05) is 26.2 Å². The molecule has 1 aromatic carbocycles. The molecule has 0 spiro atoms. The predicted octanol–water partition coefficient (Wildman–Crippen LogP) is 4.91. The molecule has 168 valence electrons. The number of fused-ring (bicyclic) bond motifs is 1. The number of aryl methyl sites for hydroxylation is 4. The van der Waals surface area contributed by atoms with Gasteiger partial charge in [-0.15, -0.1) is 12.4 Å². The van der Waals surface area contributed by atoms with Gasteiger partial charge in [0.15, 0.2) is 5.13 Å². The Bertz CT molecular complexity index is 1020. The number of nitrogens with zero attached hydrogens (tertiary/aromatic N) is 3. The first-order valence-electron chi connectivity index (χ1n) is 10.5. The zero-order valence-electron chi connectivity index (χ0n) is 18.6. The molecule has 6 nitrogen and oxygen atoms in total. The largest absolute Gasteiger partial charge is 0.466 e. The number of thiazole rings is 1. The molecule has 0 unspecified atom stereocenters. The number of rotatable bonds is 6. The van der Waals surface area contributed by atoms with Crippen LogP contribution >= 0.6 is 23.7 Å². The molecule has 31 heavy (non-hydrogen) atoms. The van der Waals surface area contributed by atoms with Crippen molar-refractivity contribution in [3.8, 4) is 0 Å². The fourth-order valence-electron chi connectivity index (χ4n) is 3.91. The van der Waals surface area contributed by atoms with E-state index in [0.717, 1.165) is 65.9 Å². The SMILES string of the molecule is Cc1cc(C(=O)N(CCCN2CCOCC2)c2nc3c(C)ccc(C)c3s2)c(C)o1.Cl. The predicted molar refractivity (Wildman–Crippen MR) is 128 cm³/mol. The molecule has 3 aromatic rings. The lowest BCUT2D eigenvalue weighted by Gasteiger charge is -2.27. The Hall–Kier alpha value is -1.93. The maximum absolute atomic E-state index is 13.5. The van der Waals surface area contributed by atoms with Crippen LogP contribution < -0.4 is 4.90 Å². The number of benzene rings is 1. The van der Waals surface area contributed by atoms with Crippen LogP contribution in [0.5, 0.6) is 0 Å². The van der Waals surface area contributed by atoms with Crippen molar-refractivity contribution in [2.45, 2.75) is 34.1 Å². The van der Waals surface area contributed by atoms with Gasteiger partial charge in [-0.2, -0.15) is 0 Å². The number of hydrogen-bond acceptors (Lipinski definition) is 6. The van der Waals surface area contributed by atoms with E-state index >= 15 is 0 Å². The van der Waals surface area contributed by atoms with Gasteiger partial charge in [0.05, 0.1) is 29.0 Å². The number of halogens is 1. The van der Waals surface area contributed by atoms with Gasteiger partial charge in [-0.3, -0.25) is 14.6 Å². The third kappa shape index (κ3) is 5.12. The zero-order valence-corrected chi connectivity index (χ0v) is 20.2. The number of furan rings is 1. The number of hydrogen-bond donors (Lipinski definition) is 0. The molecule has 8 heteroatoms. The van der Waals surface area contributed by atoms with Crippen molar-refractivity contribution in [3.63, 3.8) is 0 Å². The Morgan fingerprint density at radius 2 is 1.87 bits per heavy atom. The van der Waals surface area contributed by atoms with Crippen molar-refractivity contribution < 1.29 is 13.9 Å². The summed E-state index contributed by atoms with van der Waals surface area (Å²) in [5, 5.41) is 0.757. The van der Waals surface area contributed by atoms with Crippen molar-refractivity contribution in [3.05, 3.63) is 46.4 Å². The van der Waals surface area contributed by atoms with Crippen molar-refractivity contribution in [1.82, 2.24) is 9.88 Å². The minimum Gasteiger partial charge on any atom is -0.466 e. The second-order valence-corrected chi connectivity index (χ2v) is 8.94. The van der Waals surface area contributed by atoms with Crippen LogP contribution in [0.25, 0.3) is 10.2 Å². The first-order chi connectivity index (χ1) is 14.4. The van der Waals surface area contributed by atoms with Gasteiger partial charge in [-0.05, 0) is 51.3 Å². The Labute approximate surface area is 193 Å². The fourth-order valence-corrected chi connectivity index (χ4v) is 5.05. The standard InChI is InChI=1S/C23H29N3O3S.ClH/c1-15-6-7-16(2)21-20(15)24-23(30-21)26(9-5-8-25-10-12-28-13-11-25)22(27)19-14-17(3)29-18(19)4;/h6-7,14H,5,8-13H2,1-4H3;1H. The maximum Gasteiger partial charge on any atom is 0.263 e. The summed E-state index contributed by atoms with van der Waals surface area (Å²) in [6, 6.07) is 6.04. The van der Waals surface area contributed by atoms with Gasteiger partial charge in [-0.25, -0.2) is 4.98 Å². The van der Waals surface area contributed by atoms with Crippen molar-refractivity contribution >= 4 is 45.0 Å². The highest BCUT2D eigenvalue weighted by atomic mass is 35.5. The van der Waals surface area contributed by atoms with Crippen molar-refractivity contribution in [1.29, 1.82) is 0 Å². The topological polar surface area (TPSA) is 58.8 Å². The Balaban J connectivity index is 0.00000272. The molecule has 0 radical (unpaired) electrons. The van der Waals surface area contributed by atoms with E-state index in [1.165, 1.54) is 5.56 Å². The first kappa shape index (κ1) is 23.7. The van der Waals surface area contributed by atoms with Gasteiger partial charge >= 0.3 is 0 Å². The molecule has 0 atom stereocenters. The van der Waals surface area contributed by atoms with Crippen LogP contribution in [0, 0.1) is 27.7 Å². The van der Waals surface area contributed by atoms with E-state index in [-0.39, 0.29) is 18.3 Å². The van der Waals surface area contributed by atoms with E-state index in [4.69, 9.17) is 14.1 Å². The number of carbonyl (C=O) groups is 1. The lowest BCUT2D eigenvalue weighted by Crippen LogP contribution is -2.39. The molecule has 4 rings (SSSR count). The highest BCUT2D eigenvalue weighted by molar-refractivity contribution is 7.22. The minimum absolute atomic E-state index is 0. The van der Waals surface area contributed by atoms with E-state index in [1.54, 1.807) is 11.3 Å². The fraction of sp³-hybridized carbons (Fsp3) is 0.478. The van der Waals surface area contributed by atoms with Crippen LogP contribution in [0.15, 0.2) is 22.6 Å². The van der Waals surface area contributed by atoms with Gasteiger partial charge in [0.25, 0.3) is 5.91 Å². The summed E-state index contributed by atoms with van der Waals surface area (Å²) < 4.78 is 12.2. The molecular formula is C23H30ClN3O3S. The Morgan fingerprint density at radius 1 is 1.16 bits per heavy atom. The molecule has 1 saturated heterocycles. The van der Waals surface area contributed by atoms with Gasteiger partial charge in [0.2, 0.25) is 0 Å². The molecular weight excluding hydrogens is 434 g/mol. The second kappa shape index (κ2) is 10.1. The lowest BCUT2D eigenvalue weighted by molar-refractivity contribution is 0.0376. The van der Waals surface area contributed by atoms with Crippen molar-refractivity contribution in [2.75, 3.05) is 44.3 Å². The Morgan fingerprint density at radius 3 is 2.52 bits per heavy atom. The summed E-state index contributed by atoms with van der Waals surface area (Å²) in [6.45, 7) is 12.9. The number of morpholine rings is 1. The third-order valence-electron chi connectivity index (χ3n) is 5.64. The van der Waals surface area contributed by atoms with Gasteiger partial charge in [-0.1, -0.05) is 23.5 Å². The number of amides is 1. The molecule has 1 fully saturated rings. The van der Waals surface area contributed by atoms with Crippen LogP contribution in [0.1, 0.15) is 39.4 Å². The highest BCUT2D eigenvalue weighted by Crippen LogP contribution is 2.34. The highest BCUT2D eigenvalue weighted by Gasteiger charge is 2.25. The van der Waals surface area contributed by atoms with Gasteiger partial charge in [0.1, 0.15) is 11.5 Å². The molecule has 0 bridgehead atoms. The lowest BCUT2D eigenvalue weighted by atomic mass is 10.1. The molecule has 0 saturated carbocycles. The summed E-state index contributed by atoms with van der Waals surface area (Å²) in [7, 11) is 0. The number of ether oxygens (including phenoxy) is 1. The number of aromatic nitrogens is 1. The number of anilines is 1. The van der Waals surface area contributed by atoms with E-state index < -0.39 is 0 Å². The smallest absolute Gasteiger partial charge is 0.263 e. The van der Waals surface area contributed by atoms with Crippen LogP contribution in [0.3, 0.4) is 0 Å². The first-order valence-corrected chi connectivity index (χ1v) is 11.3. The van der Waals surface area contributed by atoms with Crippen LogP contribution in [-0.4, -0.2) is 55.2 Å². The quantitative estimate of drug-likeness (QED) is 0.519. The molecule has 3 heterocycles. The van der Waals surface area contributed by atoms with E-state index in [1.807, 2.05) is 24.8 Å². The summed E-state index contributed by atoms with van der Waals surface area (Å²) in [5.41, 5.74) is 3.93. The number of carbonyl (C=O) groups excluding carboxylic acids is 1. The van der Waals surface area contributed by atoms with Crippen LogP contribution in [0.2, 0.25) is 0 Å². The van der Waals surface area contributed by atoms with Crippen LogP contribution in [-0.2, 0) is 4.74 Å². The average molecular weight is 464 g/mol. The van der Waals surface area contributed by atoms with Crippen LogP contribution in [0.4, 0.5) is 5.13 Å². The molecule has 0 aliphatic carbocycles. The van der Waals surface area contributed by atoms with Gasteiger partial charge < -0.3 is 9.15 Å². The monoisotopic (exact) mass is 463 g/mol. The second-order valence-electron chi connectivity index (χ2n) is 7.96. The summed E-state index contributed by atoms with van der Waals surface area (Å²) in [5.74, 6) is 1.37. The Kier molecular flexibility index (Phi) is 7.75. The van der Waals surface area contributed by atoms with E-state index in [0.29, 0.717) is 17.9 Å². The summed E-state index contributed by atoms with van der Waals surface area (Å²) in [6.07, 6.45) is 0.884. The molecule has 1 aliphatic rings.